The fourth-order valence-electron chi connectivity index (χ4n) is 6.16. The number of rotatable bonds is 6. The summed E-state index contributed by atoms with van der Waals surface area (Å²) in [6.45, 7) is 4.07. The van der Waals surface area contributed by atoms with Gasteiger partial charge in [0.25, 0.3) is 0 Å². The van der Waals surface area contributed by atoms with Crippen LogP contribution in [0.25, 0.3) is 0 Å². The smallest absolute Gasteiger partial charge is 0.236 e. The minimum atomic E-state index is -3.15. The fourth-order valence-corrected chi connectivity index (χ4v) is 9.75. The van der Waals surface area contributed by atoms with Crippen molar-refractivity contribution in [2.24, 2.45) is 0 Å². The Hall–Kier alpha value is -2.53. The lowest BCUT2D eigenvalue weighted by Gasteiger charge is -2.46. The first-order valence-electron chi connectivity index (χ1n) is 13.5. The van der Waals surface area contributed by atoms with Gasteiger partial charge in [-0.15, -0.1) is 0 Å². The highest BCUT2D eigenvalue weighted by Gasteiger charge is 2.62. The van der Waals surface area contributed by atoms with E-state index in [2.05, 4.69) is 101 Å². The van der Waals surface area contributed by atoms with Gasteiger partial charge in [0.2, 0.25) is 5.85 Å². The van der Waals surface area contributed by atoms with Crippen molar-refractivity contribution in [2.45, 2.75) is 63.6 Å². The number of benzene rings is 3. The third-order valence-corrected chi connectivity index (χ3v) is 11.3. The summed E-state index contributed by atoms with van der Waals surface area (Å²) in [4.78, 5) is 22.3. The highest BCUT2D eigenvalue weighted by atomic mass is 31.2. The van der Waals surface area contributed by atoms with E-state index in [0.29, 0.717) is 19.6 Å². The molecule has 0 aromatic heterocycles. The largest absolute Gasteiger partial charge is 0.648 e. The predicted octanol–water partition coefficient (Wildman–Crippen LogP) is 6.08. The standard InChI is InChI=1S/C31H36N3O2P/c1-25-18-20-28(21-19-25)32-22-10-17-31(36-32)37(35)33(23-26-11-4-2-5-12-26)29-15-8-9-16-30(29)34(37)24-27-13-6-3-7-14-27/h2-7,10-14,17-21,29-31H,8-9,15-16,22-24H2,1H3/t29-,30-,31?/m1/s1. The zero-order chi connectivity index (χ0) is 25.2. The van der Waals surface area contributed by atoms with Crippen molar-refractivity contribution in [3.8, 4) is 0 Å². The first-order chi connectivity index (χ1) is 18.1. The van der Waals surface area contributed by atoms with E-state index >= 15 is 4.89 Å². The summed E-state index contributed by atoms with van der Waals surface area (Å²) in [6.07, 6.45) is 8.69. The molecule has 0 radical (unpaired) electrons. The lowest BCUT2D eigenvalue weighted by Crippen LogP contribution is -2.46. The maximum atomic E-state index is 15.7. The summed E-state index contributed by atoms with van der Waals surface area (Å²) >= 11 is 0. The molecule has 0 amide bonds. The Kier molecular flexibility index (Phi) is 7.16. The Labute approximate surface area is 221 Å². The molecule has 2 heterocycles. The second-order valence-electron chi connectivity index (χ2n) is 10.5. The maximum absolute atomic E-state index is 15.7. The van der Waals surface area contributed by atoms with Crippen LogP contribution >= 0.6 is 7.79 Å². The van der Waals surface area contributed by atoms with Gasteiger partial charge in [0.05, 0.1) is 37.4 Å². The van der Waals surface area contributed by atoms with E-state index in [1.807, 2.05) is 17.2 Å². The Bertz CT molecular complexity index is 1150. The Morgan fingerprint density at radius 3 is 1.86 bits per heavy atom. The van der Waals surface area contributed by atoms with Gasteiger partial charge >= 0.3 is 0 Å². The zero-order valence-electron chi connectivity index (χ0n) is 21.5. The first-order valence-corrected chi connectivity index (χ1v) is 15.2. The Morgan fingerprint density at radius 1 is 0.784 bits per heavy atom. The van der Waals surface area contributed by atoms with Crippen LogP contribution in [0.3, 0.4) is 0 Å². The Balaban J connectivity index is 1.39. The summed E-state index contributed by atoms with van der Waals surface area (Å²) < 4.78 is 4.67. The van der Waals surface area contributed by atoms with Crippen LogP contribution in [0, 0.1) is 6.92 Å². The van der Waals surface area contributed by atoms with Crippen LogP contribution in [0.2, 0.25) is 0 Å². The van der Waals surface area contributed by atoms with Crippen molar-refractivity contribution in [1.29, 1.82) is 0 Å². The average molecular weight is 514 g/mol. The normalized spacial score (nSPS) is 25.8. The first kappa shape index (κ1) is 24.8. The number of nitrogens with zero attached hydrogens (tertiary/aromatic N) is 3. The van der Waals surface area contributed by atoms with E-state index in [1.54, 1.807) is 0 Å². The second-order valence-corrected chi connectivity index (χ2v) is 13.2. The van der Waals surface area contributed by atoms with Crippen molar-refractivity contribution < 1.29 is 9.73 Å². The van der Waals surface area contributed by atoms with Crippen LogP contribution in [0.1, 0.15) is 42.4 Å². The van der Waals surface area contributed by atoms with Crippen molar-refractivity contribution in [2.75, 3.05) is 11.6 Å². The third kappa shape index (κ3) is 4.87. The highest BCUT2D eigenvalue weighted by Crippen LogP contribution is 2.71. The molecule has 1 unspecified atom stereocenters. The van der Waals surface area contributed by atoms with E-state index in [1.165, 1.54) is 29.5 Å². The Morgan fingerprint density at radius 2 is 1.32 bits per heavy atom. The highest BCUT2D eigenvalue weighted by molar-refractivity contribution is 7.65. The molecule has 192 valence electrons. The average Bonchev–Trinajstić information content (AvgIpc) is 3.18. The number of aryl methyl sites for hydroxylation is 1. The van der Waals surface area contributed by atoms with E-state index in [4.69, 9.17) is 4.84 Å². The quantitative estimate of drug-likeness (QED) is 0.295. The molecule has 3 aromatic carbocycles. The minimum Gasteiger partial charge on any atom is -0.648 e. The van der Waals surface area contributed by atoms with Gasteiger partial charge < -0.3 is 4.89 Å². The number of hydroxylamine groups is 1. The number of hydrogen-bond acceptors (Lipinski definition) is 5. The summed E-state index contributed by atoms with van der Waals surface area (Å²) in [5.74, 6) is -0.527. The van der Waals surface area contributed by atoms with E-state index < -0.39 is 13.6 Å². The van der Waals surface area contributed by atoms with Gasteiger partial charge in [0.1, 0.15) is 7.79 Å². The van der Waals surface area contributed by atoms with E-state index in [9.17, 15) is 0 Å². The van der Waals surface area contributed by atoms with Crippen LogP contribution in [0.5, 0.6) is 0 Å². The van der Waals surface area contributed by atoms with Gasteiger partial charge in [-0.3, -0.25) is 0 Å². The molecule has 1 saturated carbocycles. The topological polar surface area (TPSA) is 42.0 Å². The number of fused-ring (bicyclic) bond motifs is 1. The molecule has 6 rings (SSSR count). The molecule has 1 aliphatic carbocycles. The van der Waals surface area contributed by atoms with Gasteiger partial charge in [-0.05, 0) is 49.1 Å². The number of anilines is 1. The number of hydrogen-bond donors (Lipinski definition) is 0. The molecule has 3 aliphatic rings. The molecule has 2 fully saturated rings. The van der Waals surface area contributed by atoms with Crippen LogP contribution in [-0.2, 0) is 17.9 Å². The fraction of sp³-hybridized carbons (Fsp3) is 0.355. The SMILES string of the molecule is Cc1ccc(N2CC=CC([P+]3([O-])N(Cc4ccccc4)[C@@H]4CCCC[C@H]4N3Cc3ccccc3)O2)cc1. The second kappa shape index (κ2) is 10.7. The maximum Gasteiger partial charge on any atom is 0.236 e. The molecule has 3 atom stereocenters. The summed E-state index contributed by atoms with van der Waals surface area (Å²) in [5, 5.41) is 1.91. The predicted molar refractivity (Wildman–Crippen MR) is 149 cm³/mol. The summed E-state index contributed by atoms with van der Waals surface area (Å²) in [5.41, 5.74) is 4.60. The van der Waals surface area contributed by atoms with Gasteiger partial charge in [-0.1, -0.05) is 97.3 Å². The van der Waals surface area contributed by atoms with Gasteiger partial charge in [-0.25, -0.2) is 9.90 Å². The molecule has 0 N–H and O–H groups in total. The molecule has 6 heteroatoms. The van der Waals surface area contributed by atoms with Gasteiger partial charge in [-0.2, -0.15) is 9.34 Å². The molecule has 2 aliphatic heterocycles. The minimum absolute atomic E-state index is 0.259. The van der Waals surface area contributed by atoms with E-state index in [0.717, 1.165) is 18.5 Å². The summed E-state index contributed by atoms with van der Waals surface area (Å²) in [7, 11) is -3.15. The lowest BCUT2D eigenvalue weighted by molar-refractivity contribution is -0.202. The molecular weight excluding hydrogens is 477 g/mol. The molecule has 3 aromatic rings. The van der Waals surface area contributed by atoms with Crippen LogP contribution in [0.4, 0.5) is 5.69 Å². The monoisotopic (exact) mass is 513 g/mol. The van der Waals surface area contributed by atoms with Crippen molar-refractivity contribution in [3.63, 3.8) is 0 Å². The summed E-state index contributed by atoms with van der Waals surface area (Å²) in [6, 6.07) is 29.9. The lowest BCUT2D eigenvalue weighted by atomic mass is 9.90. The van der Waals surface area contributed by atoms with Crippen molar-refractivity contribution >= 4 is 13.5 Å². The van der Waals surface area contributed by atoms with Crippen LogP contribution < -0.4 is 9.96 Å². The van der Waals surface area contributed by atoms with Crippen molar-refractivity contribution in [1.82, 2.24) is 9.34 Å². The molecular formula is C31H36N3O2P. The third-order valence-electron chi connectivity index (χ3n) is 8.03. The van der Waals surface area contributed by atoms with Gasteiger partial charge in [0.15, 0.2) is 0 Å². The van der Waals surface area contributed by atoms with E-state index in [-0.39, 0.29) is 12.1 Å². The van der Waals surface area contributed by atoms with Gasteiger partial charge in [0, 0.05) is 0 Å². The molecule has 37 heavy (non-hydrogen) atoms. The molecule has 0 spiro atoms. The molecule has 0 bridgehead atoms. The molecule has 5 nitrogen and oxygen atoms in total. The van der Waals surface area contributed by atoms with Crippen LogP contribution in [0.15, 0.2) is 97.1 Å². The zero-order valence-corrected chi connectivity index (χ0v) is 22.4. The van der Waals surface area contributed by atoms with Crippen LogP contribution in [-0.4, -0.2) is 33.8 Å². The van der Waals surface area contributed by atoms with Crippen molar-refractivity contribution in [3.05, 3.63) is 114 Å². The molecule has 1 saturated heterocycles.